The highest BCUT2D eigenvalue weighted by Gasteiger charge is 2.30. The maximum atomic E-state index is 12.7. The molecule has 1 fully saturated rings. The third-order valence-electron chi connectivity index (χ3n) is 3.91. The van der Waals surface area contributed by atoms with Gasteiger partial charge in [-0.05, 0) is 42.9 Å². The van der Waals surface area contributed by atoms with Crippen LogP contribution in [0.3, 0.4) is 0 Å². The topological polar surface area (TPSA) is 54.5 Å². The zero-order valence-electron chi connectivity index (χ0n) is 12.5. The van der Waals surface area contributed by atoms with Gasteiger partial charge in [0.1, 0.15) is 0 Å². The van der Waals surface area contributed by atoms with Crippen LogP contribution in [0.25, 0.3) is 0 Å². The molecular formula is C15H20ClNO3S. The molecular weight excluding hydrogens is 310 g/mol. The van der Waals surface area contributed by atoms with Crippen LogP contribution in [0, 0.1) is 12.3 Å². The number of amides is 1. The Morgan fingerprint density at radius 1 is 1.33 bits per heavy atom. The number of hydrogen-bond acceptors (Lipinski definition) is 3. The molecule has 0 radical (unpaired) electrons. The lowest BCUT2D eigenvalue weighted by atomic mass is 9.84. The Labute approximate surface area is 130 Å². The first-order valence-electron chi connectivity index (χ1n) is 6.95. The van der Waals surface area contributed by atoms with Gasteiger partial charge in [-0.3, -0.25) is 4.79 Å². The fourth-order valence-electron chi connectivity index (χ4n) is 2.75. The highest BCUT2D eigenvalue weighted by Crippen LogP contribution is 2.30. The molecule has 0 spiro atoms. The van der Waals surface area contributed by atoms with Gasteiger partial charge in [-0.2, -0.15) is 0 Å². The van der Waals surface area contributed by atoms with Crippen molar-refractivity contribution in [1.82, 2.24) is 4.90 Å². The third kappa shape index (κ3) is 3.77. The van der Waals surface area contributed by atoms with Crippen molar-refractivity contribution in [3.8, 4) is 0 Å². The number of aryl methyl sites for hydroxylation is 1. The SMILES string of the molecule is Cc1ccc(S(=O)(=O)Cl)cc1C(=O)N1CCCC(C)(C)C1. The summed E-state index contributed by atoms with van der Waals surface area (Å²) in [4.78, 5) is 14.4. The Hall–Kier alpha value is -1.07. The minimum atomic E-state index is -3.83. The monoisotopic (exact) mass is 329 g/mol. The van der Waals surface area contributed by atoms with Crippen LogP contribution in [0.15, 0.2) is 23.1 Å². The Morgan fingerprint density at radius 3 is 2.57 bits per heavy atom. The van der Waals surface area contributed by atoms with Crippen LogP contribution in [0.4, 0.5) is 0 Å². The quantitative estimate of drug-likeness (QED) is 0.783. The minimum Gasteiger partial charge on any atom is -0.338 e. The molecule has 4 nitrogen and oxygen atoms in total. The number of halogens is 1. The molecule has 0 N–H and O–H groups in total. The Kier molecular flexibility index (Phi) is 4.36. The first kappa shape index (κ1) is 16.3. The number of benzene rings is 1. The average molecular weight is 330 g/mol. The minimum absolute atomic E-state index is 0.0330. The van der Waals surface area contributed by atoms with E-state index in [1.807, 2.05) is 0 Å². The molecule has 21 heavy (non-hydrogen) atoms. The molecule has 1 aliphatic rings. The van der Waals surface area contributed by atoms with Gasteiger partial charge in [0.25, 0.3) is 15.0 Å². The van der Waals surface area contributed by atoms with Crippen LogP contribution < -0.4 is 0 Å². The number of piperidine rings is 1. The van der Waals surface area contributed by atoms with E-state index in [4.69, 9.17) is 10.7 Å². The molecule has 0 saturated carbocycles. The summed E-state index contributed by atoms with van der Waals surface area (Å²) in [6.45, 7) is 7.47. The second-order valence-electron chi connectivity index (χ2n) is 6.41. The average Bonchev–Trinajstić information content (AvgIpc) is 2.36. The van der Waals surface area contributed by atoms with Crippen molar-refractivity contribution in [2.75, 3.05) is 13.1 Å². The number of rotatable bonds is 2. The van der Waals surface area contributed by atoms with E-state index in [1.54, 1.807) is 17.9 Å². The van der Waals surface area contributed by atoms with E-state index in [0.717, 1.165) is 18.4 Å². The van der Waals surface area contributed by atoms with E-state index in [0.29, 0.717) is 18.7 Å². The predicted molar refractivity (Wildman–Crippen MR) is 83.1 cm³/mol. The van der Waals surface area contributed by atoms with Gasteiger partial charge >= 0.3 is 0 Å². The molecule has 0 aromatic heterocycles. The van der Waals surface area contributed by atoms with E-state index in [2.05, 4.69) is 13.8 Å². The van der Waals surface area contributed by atoms with Crippen molar-refractivity contribution in [3.63, 3.8) is 0 Å². The molecule has 0 unspecified atom stereocenters. The fourth-order valence-corrected chi connectivity index (χ4v) is 3.53. The molecule has 0 atom stereocenters. The summed E-state index contributed by atoms with van der Waals surface area (Å²) in [5.41, 5.74) is 1.26. The molecule has 6 heteroatoms. The van der Waals surface area contributed by atoms with Crippen molar-refractivity contribution in [2.24, 2.45) is 5.41 Å². The van der Waals surface area contributed by atoms with Crippen molar-refractivity contribution < 1.29 is 13.2 Å². The molecule has 1 aliphatic heterocycles. The number of carbonyl (C=O) groups is 1. The normalized spacial score (nSPS) is 18.6. The molecule has 1 heterocycles. The lowest BCUT2D eigenvalue weighted by Gasteiger charge is -2.38. The van der Waals surface area contributed by atoms with Gasteiger partial charge in [-0.15, -0.1) is 0 Å². The number of carbonyl (C=O) groups excluding carboxylic acids is 1. The Morgan fingerprint density at radius 2 is 2.00 bits per heavy atom. The summed E-state index contributed by atoms with van der Waals surface area (Å²) in [5.74, 6) is -0.123. The molecule has 116 valence electrons. The van der Waals surface area contributed by atoms with Crippen LogP contribution in [-0.2, 0) is 9.05 Å². The first-order chi connectivity index (χ1) is 9.60. The molecule has 0 bridgehead atoms. The van der Waals surface area contributed by atoms with E-state index in [1.165, 1.54) is 12.1 Å². The number of hydrogen-bond donors (Lipinski definition) is 0. The maximum Gasteiger partial charge on any atom is 0.261 e. The standard InChI is InChI=1S/C15H20ClNO3S/c1-11-5-6-12(21(16,19)20)9-13(11)14(18)17-8-4-7-15(2,3)10-17/h5-6,9H,4,7-8,10H2,1-3H3. The predicted octanol–water partition coefficient (Wildman–Crippen LogP) is 3.18. The van der Waals surface area contributed by atoms with Crippen LogP contribution in [0.5, 0.6) is 0 Å². The molecule has 1 aromatic rings. The molecule has 0 aliphatic carbocycles. The summed E-state index contributed by atoms with van der Waals surface area (Å²) in [6, 6.07) is 4.42. The van der Waals surface area contributed by atoms with Gasteiger partial charge in [-0.1, -0.05) is 19.9 Å². The van der Waals surface area contributed by atoms with E-state index in [9.17, 15) is 13.2 Å². The van der Waals surface area contributed by atoms with E-state index >= 15 is 0 Å². The molecule has 1 aromatic carbocycles. The zero-order valence-corrected chi connectivity index (χ0v) is 14.1. The lowest BCUT2D eigenvalue weighted by Crippen LogP contribution is -2.43. The summed E-state index contributed by atoms with van der Waals surface area (Å²) in [6.07, 6.45) is 2.05. The molecule has 2 rings (SSSR count). The lowest BCUT2D eigenvalue weighted by molar-refractivity contribution is 0.0582. The van der Waals surface area contributed by atoms with Gasteiger partial charge in [0.05, 0.1) is 4.90 Å². The maximum absolute atomic E-state index is 12.7. The summed E-state index contributed by atoms with van der Waals surface area (Å²) >= 11 is 0. The van der Waals surface area contributed by atoms with Crippen LogP contribution >= 0.6 is 10.7 Å². The van der Waals surface area contributed by atoms with Gasteiger partial charge < -0.3 is 4.90 Å². The fraction of sp³-hybridized carbons (Fsp3) is 0.533. The zero-order chi connectivity index (χ0) is 15.8. The van der Waals surface area contributed by atoms with Crippen molar-refractivity contribution >= 4 is 25.6 Å². The number of likely N-dealkylation sites (tertiary alicyclic amines) is 1. The van der Waals surface area contributed by atoms with Gasteiger partial charge in [0.2, 0.25) is 0 Å². The summed E-state index contributed by atoms with van der Waals surface area (Å²) in [7, 11) is 1.54. The molecule has 1 saturated heterocycles. The number of nitrogens with zero attached hydrogens (tertiary/aromatic N) is 1. The Balaban J connectivity index is 2.35. The van der Waals surface area contributed by atoms with Gasteiger partial charge in [0, 0.05) is 29.3 Å². The van der Waals surface area contributed by atoms with E-state index in [-0.39, 0.29) is 16.2 Å². The summed E-state index contributed by atoms with van der Waals surface area (Å²) in [5, 5.41) is 0. The van der Waals surface area contributed by atoms with Crippen LogP contribution in [0.1, 0.15) is 42.6 Å². The first-order valence-corrected chi connectivity index (χ1v) is 9.26. The van der Waals surface area contributed by atoms with Crippen LogP contribution in [0.2, 0.25) is 0 Å². The summed E-state index contributed by atoms with van der Waals surface area (Å²) < 4.78 is 22.9. The highest BCUT2D eigenvalue weighted by atomic mass is 35.7. The second-order valence-corrected chi connectivity index (χ2v) is 8.97. The van der Waals surface area contributed by atoms with Gasteiger partial charge in [0.15, 0.2) is 0 Å². The Bertz CT molecular complexity index is 667. The largest absolute Gasteiger partial charge is 0.338 e. The second kappa shape index (κ2) is 5.61. The van der Waals surface area contributed by atoms with Crippen molar-refractivity contribution in [1.29, 1.82) is 0 Å². The molecule has 1 amide bonds. The smallest absolute Gasteiger partial charge is 0.261 e. The van der Waals surface area contributed by atoms with Crippen molar-refractivity contribution in [2.45, 2.75) is 38.5 Å². The highest BCUT2D eigenvalue weighted by molar-refractivity contribution is 8.13. The third-order valence-corrected chi connectivity index (χ3v) is 5.26. The van der Waals surface area contributed by atoms with Crippen LogP contribution in [-0.4, -0.2) is 32.3 Å². The van der Waals surface area contributed by atoms with Gasteiger partial charge in [-0.25, -0.2) is 8.42 Å². The van der Waals surface area contributed by atoms with Crippen molar-refractivity contribution in [3.05, 3.63) is 29.3 Å². The van der Waals surface area contributed by atoms with E-state index < -0.39 is 9.05 Å².